The van der Waals surface area contributed by atoms with Crippen molar-refractivity contribution in [2.75, 3.05) is 0 Å². The van der Waals surface area contributed by atoms with Gasteiger partial charge in [-0.15, -0.1) is 0 Å². The van der Waals surface area contributed by atoms with Crippen LogP contribution in [-0.2, 0) is 26.7 Å². The zero-order chi connectivity index (χ0) is 22.0. The third-order valence-corrected chi connectivity index (χ3v) is 6.97. The zero-order valence-corrected chi connectivity index (χ0v) is 18.4. The molecule has 4 nitrogen and oxygen atoms in total. The van der Waals surface area contributed by atoms with Crippen molar-refractivity contribution in [2.24, 2.45) is 21.1 Å². The van der Waals surface area contributed by atoms with Gasteiger partial charge in [0.25, 0.3) is 0 Å². The number of fused-ring (bicyclic) bond motifs is 3. The highest BCUT2D eigenvalue weighted by Crippen LogP contribution is 2.42. The van der Waals surface area contributed by atoms with Gasteiger partial charge in [0.1, 0.15) is 0 Å². The van der Waals surface area contributed by atoms with Crippen LogP contribution >= 0.6 is 0 Å². The molecule has 0 atom stereocenters. The van der Waals surface area contributed by atoms with E-state index in [0.717, 1.165) is 49.8 Å². The number of aliphatic hydroxyl groups is 1. The van der Waals surface area contributed by atoms with E-state index >= 15 is 0 Å². The van der Waals surface area contributed by atoms with Gasteiger partial charge in [-0.2, -0.15) is 0 Å². The molecule has 32 heavy (non-hydrogen) atoms. The molecule has 0 spiro atoms. The number of benzene rings is 3. The summed E-state index contributed by atoms with van der Waals surface area (Å²) in [6.45, 7) is 0. The van der Waals surface area contributed by atoms with Gasteiger partial charge < -0.3 is 18.8 Å². The number of aromatic nitrogens is 3. The van der Waals surface area contributed by atoms with Crippen LogP contribution in [0.4, 0.5) is 0 Å². The van der Waals surface area contributed by atoms with E-state index in [2.05, 4.69) is 68.3 Å². The van der Waals surface area contributed by atoms with Crippen LogP contribution in [-0.4, -0.2) is 18.8 Å². The monoisotopic (exact) mass is 419 g/mol. The molecule has 3 aromatic heterocycles. The Morgan fingerprint density at radius 3 is 1.06 bits per heavy atom. The van der Waals surface area contributed by atoms with E-state index < -0.39 is 5.60 Å². The van der Waals surface area contributed by atoms with E-state index in [1.807, 2.05) is 57.5 Å². The molecule has 0 unspecified atom stereocenters. The van der Waals surface area contributed by atoms with Crippen LogP contribution in [0.15, 0.2) is 91.0 Å². The molecule has 0 aliphatic rings. The van der Waals surface area contributed by atoms with Crippen molar-refractivity contribution in [1.82, 2.24) is 13.7 Å². The van der Waals surface area contributed by atoms with Crippen molar-refractivity contribution in [3.63, 3.8) is 0 Å². The van der Waals surface area contributed by atoms with Gasteiger partial charge in [0.05, 0.1) is 17.1 Å². The fourth-order valence-electron chi connectivity index (χ4n) is 5.30. The molecule has 0 bridgehead atoms. The number of aryl methyl sites for hydroxylation is 3. The summed E-state index contributed by atoms with van der Waals surface area (Å²) < 4.78 is 6.35. The Labute approximate surface area is 186 Å². The maximum atomic E-state index is 12.8. The van der Waals surface area contributed by atoms with E-state index in [1.54, 1.807) is 0 Å². The molecule has 0 radical (unpaired) electrons. The molecule has 0 amide bonds. The van der Waals surface area contributed by atoms with Crippen molar-refractivity contribution in [2.45, 2.75) is 5.60 Å². The van der Waals surface area contributed by atoms with Crippen LogP contribution in [0.25, 0.3) is 32.7 Å². The van der Waals surface area contributed by atoms with Crippen LogP contribution < -0.4 is 0 Å². The van der Waals surface area contributed by atoms with Gasteiger partial charge >= 0.3 is 0 Å². The number of hydrogen-bond donors (Lipinski definition) is 1. The Kier molecular flexibility index (Phi) is 3.92. The van der Waals surface area contributed by atoms with Crippen LogP contribution in [0.2, 0.25) is 0 Å². The highest BCUT2D eigenvalue weighted by molar-refractivity contribution is 5.86. The third-order valence-electron chi connectivity index (χ3n) is 6.97. The molecule has 0 saturated carbocycles. The molecule has 0 aliphatic carbocycles. The third kappa shape index (κ3) is 2.41. The van der Waals surface area contributed by atoms with Crippen molar-refractivity contribution < 1.29 is 5.11 Å². The fraction of sp³-hybridized carbons (Fsp3) is 0.143. The second-order valence-corrected chi connectivity index (χ2v) is 8.65. The molecular weight excluding hydrogens is 394 g/mol. The lowest BCUT2D eigenvalue weighted by molar-refractivity contribution is 0.103. The Balaban J connectivity index is 1.76. The molecule has 1 N–H and O–H groups in total. The topological polar surface area (TPSA) is 35.0 Å². The number of nitrogens with zero attached hydrogens (tertiary/aromatic N) is 3. The van der Waals surface area contributed by atoms with E-state index in [9.17, 15) is 5.11 Å². The average molecular weight is 420 g/mol. The highest BCUT2D eigenvalue weighted by Gasteiger charge is 2.42. The predicted octanol–water partition coefficient (Wildman–Crippen LogP) is 5.45. The first-order valence-corrected chi connectivity index (χ1v) is 10.9. The number of hydrogen-bond acceptors (Lipinski definition) is 1. The summed E-state index contributed by atoms with van der Waals surface area (Å²) in [4.78, 5) is 0. The Bertz CT molecular complexity index is 1440. The summed E-state index contributed by atoms with van der Waals surface area (Å²) in [7, 11) is 6.11. The van der Waals surface area contributed by atoms with E-state index in [-0.39, 0.29) is 0 Å². The molecule has 3 heterocycles. The van der Waals surface area contributed by atoms with Crippen molar-refractivity contribution in [3.05, 3.63) is 108 Å². The molecule has 6 rings (SSSR count). The molecule has 158 valence electrons. The second-order valence-electron chi connectivity index (χ2n) is 8.65. The summed E-state index contributed by atoms with van der Waals surface area (Å²) >= 11 is 0. The minimum absolute atomic E-state index is 0.843. The van der Waals surface area contributed by atoms with Crippen LogP contribution in [0.5, 0.6) is 0 Å². The lowest BCUT2D eigenvalue weighted by Gasteiger charge is -2.31. The maximum absolute atomic E-state index is 12.8. The molecule has 0 fully saturated rings. The van der Waals surface area contributed by atoms with Crippen LogP contribution in [0, 0.1) is 0 Å². The average Bonchev–Trinajstić information content (AvgIpc) is 3.46. The summed E-state index contributed by atoms with van der Waals surface area (Å²) in [6.07, 6.45) is 0. The predicted molar refractivity (Wildman–Crippen MR) is 131 cm³/mol. The summed E-state index contributed by atoms with van der Waals surface area (Å²) in [5.41, 5.74) is 4.46. The van der Waals surface area contributed by atoms with Gasteiger partial charge in [-0.3, -0.25) is 0 Å². The van der Waals surface area contributed by atoms with Crippen LogP contribution in [0.1, 0.15) is 17.1 Å². The Morgan fingerprint density at radius 1 is 0.500 bits per heavy atom. The van der Waals surface area contributed by atoms with Gasteiger partial charge in [-0.05, 0) is 52.6 Å². The largest absolute Gasteiger partial charge is 0.372 e. The van der Waals surface area contributed by atoms with Crippen molar-refractivity contribution in [3.8, 4) is 0 Å². The van der Waals surface area contributed by atoms with E-state index in [1.165, 1.54) is 0 Å². The van der Waals surface area contributed by atoms with Crippen LogP contribution in [0.3, 0.4) is 0 Å². The molecule has 6 aromatic rings. The Hall–Kier alpha value is -3.76. The number of rotatable bonds is 3. The smallest absolute Gasteiger partial charge is 0.185 e. The fourth-order valence-corrected chi connectivity index (χ4v) is 5.30. The van der Waals surface area contributed by atoms with Gasteiger partial charge in [-0.25, -0.2) is 0 Å². The van der Waals surface area contributed by atoms with Gasteiger partial charge in [0, 0.05) is 37.7 Å². The molecular formula is C28H25N3O. The van der Waals surface area contributed by atoms with Gasteiger partial charge in [-0.1, -0.05) is 54.6 Å². The minimum atomic E-state index is -1.35. The van der Waals surface area contributed by atoms with E-state index in [4.69, 9.17) is 0 Å². The first-order valence-electron chi connectivity index (χ1n) is 10.9. The molecule has 4 heteroatoms. The molecule has 0 aliphatic heterocycles. The normalized spacial score (nSPS) is 12.4. The first kappa shape index (κ1) is 19.0. The zero-order valence-electron chi connectivity index (χ0n) is 18.4. The molecule has 3 aromatic carbocycles. The SMILES string of the molecule is Cn1c(C(O)(c2cc3ccccc3n2C)c2cc3ccccc3n2C)cc2ccccc21. The summed E-state index contributed by atoms with van der Waals surface area (Å²) in [5, 5.41) is 16.1. The lowest BCUT2D eigenvalue weighted by atomic mass is 9.90. The van der Waals surface area contributed by atoms with Gasteiger partial charge in [0.15, 0.2) is 5.60 Å². The highest BCUT2D eigenvalue weighted by atomic mass is 16.3. The minimum Gasteiger partial charge on any atom is -0.372 e. The molecule has 0 saturated heterocycles. The first-order chi connectivity index (χ1) is 15.5. The standard InChI is InChI=1S/C28H25N3O/c1-29-22-13-7-4-10-19(22)16-25(29)28(32,26-17-20-11-5-8-14-23(20)30(26)2)27-18-21-12-6-9-15-24(21)31(27)3/h4-18,32H,1-3H3. The summed E-state index contributed by atoms with van der Waals surface area (Å²) in [6, 6.07) is 31.2. The maximum Gasteiger partial charge on any atom is 0.185 e. The van der Waals surface area contributed by atoms with Gasteiger partial charge in [0.2, 0.25) is 0 Å². The van der Waals surface area contributed by atoms with Crippen molar-refractivity contribution >= 4 is 32.7 Å². The quantitative estimate of drug-likeness (QED) is 0.407. The van der Waals surface area contributed by atoms with E-state index in [0.29, 0.717) is 0 Å². The summed E-state index contributed by atoms with van der Waals surface area (Å²) in [5.74, 6) is 0. The number of para-hydroxylation sites is 3. The Morgan fingerprint density at radius 2 is 0.781 bits per heavy atom. The van der Waals surface area contributed by atoms with Crippen molar-refractivity contribution in [1.29, 1.82) is 0 Å². The lowest BCUT2D eigenvalue weighted by Crippen LogP contribution is -2.35. The second kappa shape index (κ2) is 6.62.